The van der Waals surface area contributed by atoms with Gasteiger partial charge in [0, 0.05) is 12.0 Å². The first-order chi connectivity index (χ1) is 25.9. The van der Waals surface area contributed by atoms with E-state index in [-0.39, 0.29) is 11.1 Å². The highest BCUT2D eigenvalue weighted by Crippen LogP contribution is 2.37. The van der Waals surface area contributed by atoms with Crippen molar-refractivity contribution in [3.8, 4) is 5.75 Å². The Balaban J connectivity index is 1.80. The Labute approximate surface area is 338 Å². The van der Waals surface area contributed by atoms with Crippen LogP contribution in [0.3, 0.4) is 0 Å². The van der Waals surface area contributed by atoms with E-state index in [0.29, 0.717) is 26.2 Å². The maximum Gasteiger partial charge on any atom is 0.261 e. The van der Waals surface area contributed by atoms with Crippen molar-refractivity contribution in [2.75, 3.05) is 20.3 Å². The highest BCUT2D eigenvalue weighted by Gasteiger charge is 2.50. The Morgan fingerprint density at radius 2 is 1.31 bits per heavy atom. The molecular weight excluding hydrogens is 729 g/mol. The molecule has 5 nitrogen and oxygen atoms in total. The molecule has 0 fully saturated rings. The molecule has 0 aromatic heterocycles. The molecule has 3 aromatic carbocycles. The zero-order valence-corrected chi connectivity index (χ0v) is 39.4. The lowest BCUT2D eigenvalue weighted by Crippen LogP contribution is -2.66. The zero-order valence-electron chi connectivity index (χ0n) is 36.4. The second-order valence-electron chi connectivity index (χ2n) is 18.0. The molecule has 55 heavy (non-hydrogen) atoms. The van der Waals surface area contributed by atoms with Gasteiger partial charge in [0.1, 0.15) is 5.75 Å². The lowest BCUT2D eigenvalue weighted by Gasteiger charge is -2.42. The molecule has 0 spiro atoms. The number of ether oxygens (including phenoxy) is 2. The molecule has 0 saturated carbocycles. The first-order valence-electron chi connectivity index (χ1n) is 20.6. The highest BCUT2D eigenvalue weighted by molar-refractivity contribution is 6.99. The van der Waals surface area contributed by atoms with E-state index in [0.717, 1.165) is 42.3 Å². The molecular formula is C47H74O5Si3. The van der Waals surface area contributed by atoms with Gasteiger partial charge in [-0.15, -0.1) is 0 Å². The smallest absolute Gasteiger partial charge is 0.261 e. The molecule has 3 rings (SSSR count). The van der Waals surface area contributed by atoms with Crippen LogP contribution >= 0.6 is 0 Å². The number of rotatable bonds is 23. The summed E-state index contributed by atoms with van der Waals surface area (Å²) in [6.07, 6.45) is 6.06. The van der Waals surface area contributed by atoms with E-state index in [2.05, 4.69) is 166 Å². The van der Waals surface area contributed by atoms with Gasteiger partial charge in [-0.1, -0.05) is 171 Å². The number of methoxy groups -OCH3 is 1. The van der Waals surface area contributed by atoms with E-state index >= 15 is 0 Å². The van der Waals surface area contributed by atoms with Crippen LogP contribution in [0.25, 0.3) is 0 Å². The quantitative estimate of drug-likeness (QED) is 0.0588. The number of hydrogen-bond acceptors (Lipinski definition) is 5. The molecule has 2 atom stereocenters. The van der Waals surface area contributed by atoms with Gasteiger partial charge < -0.3 is 23.4 Å². The molecule has 3 aromatic rings. The third kappa shape index (κ3) is 13.8. The van der Waals surface area contributed by atoms with Crippen LogP contribution in [0.1, 0.15) is 80.2 Å². The molecule has 0 radical (unpaired) electrons. The number of aliphatic hydroxyl groups is 1. The first kappa shape index (κ1) is 46.8. The average molecular weight is 803 g/mol. The van der Waals surface area contributed by atoms with Crippen molar-refractivity contribution in [2.24, 2.45) is 5.41 Å². The summed E-state index contributed by atoms with van der Waals surface area (Å²) in [6.45, 7) is 26.9. The third-order valence-electron chi connectivity index (χ3n) is 11.2. The predicted molar refractivity (Wildman–Crippen MR) is 243 cm³/mol. The fourth-order valence-electron chi connectivity index (χ4n) is 7.70. The Kier molecular flexibility index (Phi) is 18.1. The average Bonchev–Trinajstić information content (AvgIpc) is 3.15. The molecule has 0 amide bonds. The van der Waals surface area contributed by atoms with Crippen molar-refractivity contribution in [1.82, 2.24) is 0 Å². The molecule has 1 N–H and O–H groups in total. The van der Waals surface area contributed by atoms with Crippen LogP contribution in [0.5, 0.6) is 5.75 Å². The van der Waals surface area contributed by atoms with E-state index < -0.39 is 36.2 Å². The predicted octanol–water partition coefficient (Wildman–Crippen LogP) is 11.1. The molecule has 8 heteroatoms. The molecule has 0 saturated heterocycles. The highest BCUT2D eigenvalue weighted by atomic mass is 28.4. The van der Waals surface area contributed by atoms with Crippen LogP contribution in [0, 0.1) is 5.41 Å². The van der Waals surface area contributed by atoms with Crippen molar-refractivity contribution in [1.29, 1.82) is 0 Å². The molecule has 1 unspecified atom stereocenters. The minimum atomic E-state index is -2.66. The third-order valence-corrected chi connectivity index (χ3v) is 22.1. The Morgan fingerprint density at radius 3 is 1.78 bits per heavy atom. The number of benzene rings is 3. The van der Waals surface area contributed by atoms with Crippen molar-refractivity contribution < 1.29 is 23.4 Å². The van der Waals surface area contributed by atoms with Crippen molar-refractivity contribution in [3.63, 3.8) is 0 Å². The first-order valence-corrected chi connectivity index (χ1v) is 28.7. The van der Waals surface area contributed by atoms with Gasteiger partial charge in [0.2, 0.25) is 0 Å². The van der Waals surface area contributed by atoms with E-state index in [1.54, 1.807) is 7.11 Å². The van der Waals surface area contributed by atoms with Crippen LogP contribution in [-0.2, 0) is 20.2 Å². The Morgan fingerprint density at radius 1 is 0.764 bits per heavy atom. The minimum Gasteiger partial charge on any atom is -0.497 e. The van der Waals surface area contributed by atoms with Crippen molar-refractivity contribution >= 4 is 35.1 Å². The lowest BCUT2D eigenvalue weighted by molar-refractivity contribution is 0.0695. The summed E-state index contributed by atoms with van der Waals surface area (Å²) in [5, 5.41) is 14.4. The van der Waals surface area contributed by atoms with Crippen LogP contribution < -0.4 is 15.1 Å². The van der Waals surface area contributed by atoms with Gasteiger partial charge in [-0.2, -0.15) is 0 Å². The van der Waals surface area contributed by atoms with Gasteiger partial charge >= 0.3 is 0 Å². The second-order valence-corrected chi connectivity index (χ2v) is 32.0. The zero-order chi connectivity index (χ0) is 40.8. The Hall–Kier alpha value is -2.57. The summed E-state index contributed by atoms with van der Waals surface area (Å²) in [4.78, 5) is 0. The standard InChI is InChI=1S/C47H74O5Si3/c1-13-54(14-2,15-3)52-42(31-34-50-37-39-27-29-41(49-9)30-28-39)35-40(38-53(10,11)12)36-45(48)47(7,8)32-22-33-51-55(46(4,5)6,43-23-18-16-19-24-43)44-25-20-17-21-26-44/h16-30,32,38,42,45,48H,13-15,31,33-37H2,1-12H3/b32-22+,40-38+/t42-,45?/m1/s1. The Bertz CT molecular complexity index is 1540. The SMILES string of the molecule is CC[Si](CC)(CC)O[C@H](CCOCc1ccc(OC)cc1)C/C(=C\[Si](C)(C)C)CC(O)C(C)(C)/C=C/CO[Si](c1ccccc1)(c1ccccc1)C(C)(C)C. The number of aliphatic hydroxyl groups excluding tert-OH is 1. The fourth-order valence-corrected chi connectivity index (χ4v) is 16.6. The largest absolute Gasteiger partial charge is 0.497 e. The molecule has 0 aliphatic heterocycles. The second kappa shape index (κ2) is 21.3. The summed E-state index contributed by atoms with van der Waals surface area (Å²) >= 11 is 0. The maximum absolute atomic E-state index is 12.0. The van der Waals surface area contributed by atoms with Crippen LogP contribution in [0.15, 0.2) is 108 Å². The normalized spacial score (nSPS) is 14.7. The summed E-state index contributed by atoms with van der Waals surface area (Å²) < 4.78 is 25.9. The molecule has 0 bridgehead atoms. The summed E-state index contributed by atoms with van der Waals surface area (Å²) in [7, 11) is -4.47. The topological polar surface area (TPSA) is 57.2 Å². The summed E-state index contributed by atoms with van der Waals surface area (Å²) in [6, 6.07) is 32.9. The van der Waals surface area contributed by atoms with Gasteiger partial charge in [0.25, 0.3) is 8.32 Å². The molecule has 0 heterocycles. The van der Waals surface area contributed by atoms with E-state index in [9.17, 15) is 5.11 Å². The van der Waals surface area contributed by atoms with Crippen LogP contribution in [-0.4, -0.2) is 62.3 Å². The minimum absolute atomic E-state index is 0.0516. The van der Waals surface area contributed by atoms with Gasteiger partial charge in [-0.25, -0.2) is 0 Å². The summed E-state index contributed by atoms with van der Waals surface area (Å²) in [5.74, 6) is 0.850. The summed E-state index contributed by atoms with van der Waals surface area (Å²) in [5.41, 5.74) is 4.49. The maximum atomic E-state index is 12.0. The lowest BCUT2D eigenvalue weighted by atomic mass is 9.82. The van der Waals surface area contributed by atoms with Crippen LogP contribution in [0.4, 0.5) is 0 Å². The van der Waals surface area contributed by atoms with Gasteiger partial charge in [0.15, 0.2) is 8.32 Å². The van der Waals surface area contributed by atoms with Crippen LogP contribution in [0.2, 0.25) is 42.8 Å². The van der Waals surface area contributed by atoms with Gasteiger partial charge in [-0.05, 0) is 70.5 Å². The van der Waals surface area contributed by atoms with E-state index in [1.165, 1.54) is 15.9 Å². The van der Waals surface area contributed by atoms with Gasteiger partial charge in [-0.3, -0.25) is 0 Å². The van der Waals surface area contributed by atoms with Gasteiger partial charge in [0.05, 0.1) is 40.6 Å². The monoisotopic (exact) mass is 802 g/mol. The number of hydrogen-bond donors (Lipinski definition) is 1. The van der Waals surface area contributed by atoms with E-state index in [1.807, 2.05) is 12.1 Å². The van der Waals surface area contributed by atoms with Crippen molar-refractivity contribution in [3.05, 3.63) is 114 Å². The molecule has 0 aliphatic rings. The fraction of sp³-hybridized carbons (Fsp3) is 0.532. The molecule has 0 aliphatic carbocycles. The molecule has 304 valence electrons. The van der Waals surface area contributed by atoms with E-state index in [4.69, 9.17) is 18.3 Å². The van der Waals surface area contributed by atoms with Crippen molar-refractivity contribution in [2.45, 2.75) is 136 Å².